The molecule has 0 heterocycles. The zero-order valence-electron chi connectivity index (χ0n) is 13.8. The zero-order valence-corrected chi connectivity index (χ0v) is 15.9. The fourth-order valence-electron chi connectivity index (χ4n) is 2.36. The van der Waals surface area contributed by atoms with Crippen molar-refractivity contribution in [3.05, 3.63) is 81.9 Å². The number of carbonyl (C=O) groups excluding carboxylic acids is 1. The highest BCUT2D eigenvalue weighted by Gasteiger charge is 2.05. The lowest BCUT2D eigenvalue weighted by atomic mass is 10.0. The number of halogens is 1. The topological polar surface area (TPSA) is 62.1 Å². The van der Waals surface area contributed by atoms with Crippen LogP contribution in [0, 0.1) is 14.9 Å². The first-order valence-corrected chi connectivity index (χ1v) is 9.01. The third kappa shape index (κ3) is 4.83. The van der Waals surface area contributed by atoms with Crippen LogP contribution in [0.2, 0.25) is 0 Å². The molecule has 26 heavy (non-hydrogen) atoms. The largest absolute Gasteiger partial charge is 0.484 e. The van der Waals surface area contributed by atoms with Crippen LogP contribution in [0.4, 0.5) is 5.69 Å². The molecule has 0 aromatic heterocycles. The lowest BCUT2D eigenvalue weighted by molar-refractivity contribution is -0.118. The molecule has 3 aromatic carbocycles. The summed E-state index contributed by atoms with van der Waals surface area (Å²) in [6.07, 6.45) is 0. The maximum Gasteiger partial charge on any atom is 0.262 e. The molecular formula is C21H15IN2O2. The van der Waals surface area contributed by atoms with E-state index in [-0.39, 0.29) is 12.5 Å². The van der Waals surface area contributed by atoms with Crippen LogP contribution in [0.25, 0.3) is 11.1 Å². The lowest BCUT2D eigenvalue weighted by Crippen LogP contribution is -2.20. The smallest absolute Gasteiger partial charge is 0.262 e. The second-order valence-electron chi connectivity index (χ2n) is 5.56. The normalized spacial score (nSPS) is 10.0. The van der Waals surface area contributed by atoms with Gasteiger partial charge in [0.05, 0.1) is 11.6 Å². The van der Waals surface area contributed by atoms with E-state index < -0.39 is 0 Å². The van der Waals surface area contributed by atoms with Gasteiger partial charge in [-0.1, -0.05) is 24.3 Å². The van der Waals surface area contributed by atoms with E-state index in [1.807, 2.05) is 60.7 Å². The Kier molecular flexibility index (Phi) is 5.87. The molecule has 0 atom stereocenters. The highest BCUT2D eigenvalue weighted by atomic mass is 127. The predicted octanol–water partition coefficient (Wildman–Crippen LogP) is 4.85. The van der Waals surface area contributed by atoms with Crippen molar-refractivity contribution in [3.8, 4) is 22.9 Å². The standard InChI is InChI=1S/C21H15IN2O2/c22-18-7-9-19(10-8-18)24-21(25)14-26-20-11-5-17(6-12-20)16-3-1-15(13-23)2-4-16/h1-12H,14H2,(H,24,25). The summed E-state index contributed by atoms with van der Waals surface area (Å²) in [5.41, 5.74) is 3.42. The molecule has 0 spiro atoms. The van der Waals surface area contributed by atoms with Crippen molar-refractivity contribution in [3.63, 3.8) is 0 Å². The first-order chi connectivity index (χ1) is 12.6. The molecule has 1 N–H and O–H groups in total. The molecule has 0 saturated heterocycles. The van der Waals surface area contributed by atoms with Gasteiger partial charge in [0.15, 0.2) is 6.61 Å². The van der Waals surface area contributed by atoms with Crippen LogP contribution in [-0.2, 0) is 4.79 Å². The maximum atomic E-state index is 12.0. The number of carbonyl (C=O) groups is 1. The van der Waals surface area contributed by atoms with E-state index in [0.29, 0.717) is 11.3 Å². The number of amides is 1. The van der Waals surface area contributed by atoms with Crippen LogP contribution in [0.15, 0.2) is 72.8 Å². The molecule has 0 aliphatic carbocycles. The minimum Gasteiger partial charge on any atom is -0.484 e. The number of nitriles is 1. The Balaban J connectivity index is 1.56. The van der Waals surface area contributed by atoms with Gasteiger partial charge in [-0.3, -0.25) is 4.79 Å². The molecule has 0 aliphatic heterocycles. The van der Waals surface area contributed by atoms with Crippen LogP contribution in [0.1, 0.15) is 5.56 Å². The van der Waals surface area contributed by atoms with Crippen molar-refractivity contribution in [1.82, 2.24) is 0 Å². The van der Waals surface area contributed by atoms with E-state index in [9.17, 15) is 4.79 Å². The van der Waals surface area contributed by atoms with E-state index in [2.05, 4.69) is 34.0 Å². The summed E-state index contributed by atoms with van der Waals surface area (Å²) >= 11 is 2.21. The zero-order chi connectivity index (χ0) is 18.4. The fourth-order valence-corrected chi connectivity index (χ4v) is 2.72. The van der Waals surface area contributed by atoms with E-state index >= 15 is 0 Å². The Morgan fingerprint density at radius 2 is 1.50 bits per heavy atom. The number of nitrogens with one attached hydrogen (secondary N) is 1. The van der Waals surface area contributed by atoms with Gasteiger partial charge < -0.3 is 10.1 Å². The van der Waals surface area contributed by atoms with Crippen molar-refractivity contribution in [2.75, 3.05) is 11.9 Å². The number of rotatable bonds is 5. The lowest BCUT2D eigenvalue weighted by Gasteiger charge is -2.08. The van der Waals surface area contributed by atoms with Gasteiger partial charge in [-0.05, 0) is 82.2 Å². The highest BCUT2D eigenvalue weighted by Crippen LogP contribution is 2.22. The van der Waals surface area contributed by atoms with Gasteiger partial charge in [-0.15, -0.1) is 0 Å². The van der Waals surface area contributed by atoms with E-state index in [0.717, 1.165) is 20.4 Å². The average molecular weight is 454 g/mol. The summed E-state index contributed by atoms with van der Waals surface area (Å²) < 4.78 is 6.64. The number of hydrogen-bond donors (Lipinski definition) is 1. The molecule has 1 amide bonds. The van der Waals surface area contributed by atoms with E-state index in [1.165, 1.54) is 0 Å². The maximum absolute atomic E-state index is 12.0. The van der Waals surface area contributed by atoms with Gasteiger partial charge in [0.1, 0.15) is 5.75 Å². The van der Waals surface area contributed by atoms with Crippen molar-refractivity contribution in [1.29, 1.82) is 5.26 Å². The predicted molar refractivity (Wildman–Crippen MR) is 110 cm³/mol. The Hall–Kier alpha value is -2.85. The van der Waals surface area contributed by atoms with Crippen LogP contribution < -0.4 is 10.1 Å². The molecule has 0 unspecified atom stereocenters. The third-order valence-corrected chi connectivity index (χ3v) is 4.42. The first-order valence-electron chi connectivity index (χ1n) is 7.93. The van der Waals surface area contributed by atoms with Crippen LogP contribution in [0.3, 0.4) is 0 Å². The molecule has 4 nitrogen and oxygen atoms in total. The van der Waals surface area contributed by atoms with Crippen LogP contribution in [-0.4, -0.2) is 12.5 Å². The Morgan fingerprint density at radius 1 is 0.923 bits per heavy atom. The van der Waals surface area contributed by atoms with Crippen molar-refractivity contribution < 1.29 is 9.53 Å². The summed E-state index contributed by atoms with van der Waals surface area (Å²) in [4.78, 5) is 12.0. The molecule has 5 heteroatoms. The van der Waals surface area contributed by atoms with Crippen LogP contribution >= 0.6 is 22.6 Å². The van der Waals surface area contributed by atoms with Gasteiger partial charge >= 0.3 is 0 Å². The first kappa shape index (κ1) is 18.0. The summed E-state index contributed by atoms with van der Waals surface area (Å²) in [5.74, 6) is 0.419. The molecule has 0 radical (unpaired) electrons. The van der Waals surface area contributed by atoms with Crippen molar-refractivity contribution >= 4 is 34.2 Å². The number of ether oxygens (including phenoxy) is 1. The average Bonchev–Trinajstić information content (AvgIpc) is 2.69. The molecule has 0 aliphatic rings. The molecule has 128 valence electrons. The molecule has 0 fully saturated rings. The minimum absolute atomic E-state index is 0.0534. The molecule has 0 bridgehead atoms. The Bertz CT molecular complexity index is 928. The number of benzene rings is 3. The second kappa shape index (κ2) is 8.50. The number of nitrogens with zero attached hydrogens (tertiary/aromatic N) is 1. The molecule has 0 saturated carbocycles. The van der Waals surface area contributed by atoms with Gasteiger partial charge in [-0.2, -0.15) is 5.26 Å². The summed E-state index contributed by atoms with van der Waals surface area (Å²) in [5, 5.41) is 11.6. The highest BCUT2D eigenvalue weighted by molar-refractivity contribution is 14.1. The molecule has 3 rings (SSSR count). The monoisotopic (exact) mass is 454 g/mol. The second-order valence-corrected chi connectivity index (χ2v) is 6.80. The summed E-state index contributed by atoms with van der Waals surface area (Å²) in [6, 6.07) is 24.6. The third-order valence-electron chi connectivity index (χ3n) is 3.70. The van der Waals surface area contributed by atoms with Gasteiger partial charge in [0, 0.05) is 9.26 Å². The van der Waals surface area contributed by atoms with Crippen LogP contribution in [0.5, 0.6) is 5.75 Å². The minimum atomic E-state index is -0.206. The fraction of sp³-hybridized carbons (Fsp3) is 0.0476. The summed E-state index contributed by atoms with van der Waals surface area (Å²) in [7, 11) is 0. The Labute approximate surface area is 165 Å². The van der Waals surface area contributed by atoms with Gasteiger partial charge in [0.25, 0.3) is 5.91 Å². The van der Waals surface area contributed by atoms with Crippen molar-refractivity contribution in [2.45, 2.75) is 0 Å². The van der Waals surface area contributed by atoms with E-state index in [1.54, 1.807) is 12.1 Å². The summed E-state index contributed by atoms with van der Waals surface area (Å²) in [6.45, 7) is -0.0534. The molecule has 3 aromatic rings. The van der Waals surface area contributed by atoms with Crippen molar-refractivity contribution in [2.24, 2.45) is 0 Å². The quantitative estimate of drug-likeness (QED) is 0.561. The van der Waals surface area contributed by atoms with E-state index in [4.69, 9.17) is 10.00 Å². The molecular weight excluding hydrogens is 439 g/mol. The number of anilines is 1. The SMILES string of the molecule is N#Cc1ccc(-c2ccc(OCC(=O)Nc3ccc(I)cc3)cc2)cc1. The van der Waals surface area contributed by atoms with Gasteiger partial charge in [-0.25, -0.2) is 0 Å². The Morgan fingerprint density at radius 3 is 2.08 bits per heavy atom. The van der Waals surface area contributed by atoms with Gasteiger partial charge in [0.2, 0.25) is 0 Å². The number of hydrogen-bond acceptors (Lipinski definition) is 3.